The Kier molecular flexibility index (Phi) is 5.82. The third-order valence-electron chi connectivity index (χ3n) is 4.73. The first kappa shape index (κ1) is 18.3. The number of aryl methyl sites for hydroxylation is 1. The summed E-state index contributed by atoms with van der Waals surface area (Å²) in [4.78, 5) is 24.4. The van der Waals surface area contributed by atoms with Gasteiger partial charge in [-0.2, -0.15) is 5.10 Å². The molecule has 1 amide bonds. The minimum atomic E-state index is -0.911. The molecule has 0 aromatic carbocycles. The lowest BCUT2D eigenvalue weighted by Crippen LogP contribution is -2.54. The van der Waals surface area contributed by atoms with E-state index in [0.717, 1.165) is 18.8 Å². The summed E-state index contributed by atoms with van der Waals surface area (Å²) in [5.41, 5.74) is -0.911. The van der Waals surface area contributed by atoms with Crippen molar-refractivity contribution in [1.82, 2.24) is 24.6 Å². The molecule has 2 aromatic rings. The van der Waals surface area contributed by atoms with Crippen molar-refractivity contribution in [3.63, 3.8) is 0 Å². The number of likely N-dealkylation sites (N-methyl/N-ethyl adjacent to an activating group) is 1. The SMILES string of the molecule is CN(CC1(O)CCCN(c2ccccn2)C1)C(=O)CCCn1cncn1. The van der Waals surface area contributed by atoms with E-state index in [0.29, 0.717) is 38.9 Å². The van der Waals surface area contributed by atoms with Crippen LogP contribution in [0.15, 0.2) is 37.1 Å². The van der Waals surface area contributed by atoms with Crippen LogP contribution in [-0.2, 0) is 11.3 Å². The molecule has 0 aliphatic carbocycles. The zero-order chi connectivity index (χ0) is 18.4. The van der Waals surface area contributed by atoms with E-state index in [4.69, 9.17) is 0 Å². The van der Waals surface area contributed by atoms with Crippen molar-refractivity contribution in [3.8, 4) is 0 Å². The van der Waals surface area contributed by atoms with Gasteiger partial charge in [-0.25, -0.2) is 9.97 Å². The lowest BCUT2D eigenvalue weighted by Gasteiger charge is -2.41. The maximum Gasteiger partial charge on any atom is 0.222 e. The summed E-state index contributed by atoms with van der Waals surface area (Å²) < 4.78 is 1.71. The lowest BCUT2D eigenvalue weighted by atomic mass is 9.92. The first-order chi connectivity index (χ1) is 12.6. The van der Waals surface area contributed by atoms with Crippen LogP contribution in [0.25, 0.3) is 0 Å². The van der Waals surface area contributed by atoms with Gasteiger partial charge in [-0.1, -0.05) is 6.07 Å². The van der Waals surface area contributed by atoms with Crippen LogP contribution in [0.3, 0.4) is 0 Å². The molecule has 3 rings (SSSR count). The fourth-order valence-corrected chi connectivity index (χ4v) is 3.44. The predicted molar refractivity (Wildman–Crippen MR) is 97.5 cm³/mol. The first-order valence-electron chi connectivity index (χ1n) is 9.00. The number of hydrogen-bond donors (Lipinski definition) is 1. The number of carbonyl (C=O) groups excluding carboxylic acids is 1. The van der Waals surface area contributed by atoms with Gasteiger partial charge in [0.2, 0.25) is 5.91 Å². The molecule has 0 spiro atoms. The highest BCUT2D eigenvalue weighted by Crippen LogP contribution is 2.25. The third-order valence-corrected chi connectivity index (χ3v) is 4.73. The Balaban J connectivity index is 1.50. The Hall–Kier alpha value is -2.48. The number of nitrogens with zero attached hydrogens (tertiary/aromatic N) is 6. The number of β-amino-alcohol motifs (C(OH)–C–C–N with tert-alkyl or cyclic N) is 1. The number of amides is 1. The zero-order valence-electron chi connectivity index (χ0n) is 15.2. The number of anilines is 1. The fourth-order valence-electron chi connectivity index (χ4n) is 3.44. The molecule has 140 valence electrons. The Morgan fingerprint density at radius 3 is 3.04 bits per heavy atom. The van der Waals surface area contributed by atoms with Gasteiger partial charge < -0.3 is 14.9 Å². The van der Waals surface area contributed by atoms with E-state index in [-0.39, 0.29) is 5.91 Å². The van der Waals surface area contributed by atoms with Crippen molar-refractivity contribution in [2.75, 3.05) is 31.6 Å². The number of piperidine rings is 1. The molecule has 1 fully saturated rings. The Labute approximate surface area is 153 Å². The van der Waals surface area contributed by atoms with Gasteiger partial charge in [0.05, 0.1) is 12.1 Å². The summed E-state index contributed by atoms with van der Waals surface area (Å²) in [5, 5.41) is 15.0. The normalized spacial score (nSPS) is 20.2. The quantitative estimate of drug-likeness (QED) is 0.793. The summed E-state index contributed by atoms with van der Waals surface area (Å²) in [6.07, 6.45) is 7.58. The molecular weight excluding hydrogens is 332 g/mol. The topological polar surface area (TPSA) is 87.4 Å². The largest absolute Gasteiger partial charge is 0.386 e. The maximum absolute atomic E-state index is 12.4. The molecule has 8 heteroatoms. The van der Waals surface area contributed by atoms with Crippen LogP contribution < -0.4 is 4.90 Å². The van der Waals surface area contributed by atoms with Crippen LogP contribution >= 0.6 is 0 Å². The summed E-state index contributed by atoms with van der Waals surface area (Å²) in [5.74, 6) is 0.904. The van der Waals surface area contributed by atoms with Crippen molar-refractivity contribution in [2.24, 2.45) is 0 Å². The van der Waals surface area contributed by atoms with Crippen molar-refractivity contribution in [3.05, 3.63) is 37.1 Å². The number of aromatic nitrogens is 4. The number of rotatable bonds is 7. The Morgan fingerprint density at radius 1 is 1.42 bits per heavy atom. The molecule has 26 heavy (non-hydrogen) atoms. The number of carbonyl (C=O) groups is 1. The van der Waals surface area contributed by atoms with E-state index in [1.165, 1.54) is 6.33 Å². The second-order valence-corrected chi connectivity index (χ2v) is 6.95. The lowest BCUT2D eigenvalue weighted by molar-refractivity contribution is -0.133. The van der Waals surface area contributed by atoms with E-state index >= 15 is 0 Å². The first-order valence-corrected chi connectivity index (χ1v) is 9.00. The molecule has 1 unspecified atom stereocenters. The minimum Gasteiger partial charge on any atom is -0.386 e. The van der Waals surface area contributed by atoms with E-state index in [1.54, 1.807) is 29.2 Å². The second-order valence-electron chi connectivity index (χ2n) is 6.95. The molecule has 2 aromatic heterocycles. The zero-order valence-corrected chi connectivity index (χ0v) is 15.2. The smallest absolute Gasteiger partial charge is 0.222 e. The maximum atomic E-state index is 12.4. The van der Waals surface area contributed by atoms with Gasteiger partial charge in [0.25, 0.3) is 0 Å². The summed E-state index contributed by atoms with van der Waals surface area (Å²) >= 11 is 0. The molecule has 0 saturated carbocycles. The number of hydrogen-bond acceptors (Lipinski definition) is 6. The molecule has 1 atom stereocenters. The average molecular weight is 358 g/mol. The molecule has 1 N–H and O–H groups in total. The Morgan fingerprint density at radius 2 is 2.31 bits per heavy atom. The summed E-state index contributed by atoms with van der Waals surface area (Å²) in [6, 6.07) is 5.77. The van der Waals surface area contributed by atoms with Gasteiger partial charge in [-0.3, -0.25) is 9.48 Å². The van der Waals surface area contributed by atoms with Crippen LogP contribution in [0.1, 0.15) is 25.7 Å². The van der Waals surface area contributed by atoms with Crippen LogP contribution in [0.5, 0.6) is 0 Å². The molecule has 1 saturated heterocycles. The van der Waals surface area contributed by atoms with E-state index in [9.17, 15) is 9.90 Å². The van der Waals surface area contributed by atoms with Gasteiger partial charge in [-0.15, -0.1) is 0 Å². The predicted octanol–water partition coefficient (Wildman–Crippen LogP) is 0.943. The molecule has 8 nitrogen and oxygen atoms in total. The van der Waals surface area contributed by atoms with Crippen LogP contribution in [0.2, 0.25) is 0 Å². The van der Waals surface area contributed by atoms with Gasteiger partial charge in [-0.05, 0) is 31.4 Å². The van der Waals surface area contributed by atoms with Crippen LogP contribution in [-0.4, -0.2) is 67.9 Å². The molecule has 3 heterocycles. The van der Waals surface area contributed by atoms with E-state index < -0.39 is 5.60 Å². The van der Waals surface area contributed by atoms with Crippen LogP contribution in [0, 0.1) is 0 Å². The van der Waals surface area contributed by atoms with Gasteiger partial charge >= 0.3 is 0 Å². The van der Waals surface area contributed by atoms with Gasteiger partial charge in [0, 0.05) is 39.3 Å². The second kappa shape index (κ2) is 8.27. The van der Waals surface area contributed by atoms with Gasteiger partial charge in [0.15, 0.2) is 0 Å². The molecular formula is C18H26N6O2. The highest BCUT2D eigenvalue weighted by molar-refractivity contribution is 5.75. The van der Waals surface area contributed by atoms with E-state index in [1.807, 2.05) is 18.2 Å². The van der Waals surface area contributed by atoms with Crippen molar-refractivity contribution < 1.29 is 9.90 Å². The molecule has 0 bridgehead atoms. The number of pyridine rings is 1. The number of aliphatic hydroxyl groups is 1. The molecule has 1 aliphatic rings. The standard InChI is InChI=1S/C18H26N6O2/c1-22(17(25)7-4-11-24-15-19-14-21-24)12-18(26)8-5-10-23(13-18)16-6-2-3-9-20-16/h2-3,6,9,14-15,26H,4-5,7-8,10-13H2,1H3. The van der Waals surface area contributed by atoms with Crippen molar-refractivity contribution in [1.29, 1.82) is 0 Å². The van der Waals surface area contributed by atoms with Gasteiger partial charge in [0.1, 0.15) is 18.5 Å². The molecule has 0 radical (unpaired) electrons. The highest BCUT2D eigenvalue weighted by Gasteiger charge is 2.35. The minimum absolute atomic E-state index is 0.0356. The summed E-state index contributed by atoms with van der Waals surface area (Å²) in [7, 11) is 1.76. The fraction of sp³-hybridized carbons (Fsp3) is 0.556. The van der Waals surface area contributed by atoms with Crippen molar-refractivity contribution >= 4 is 11.7 Å². The monoisotopic (exact) mass is 358 g/mol. The highest BCUT2D eigenvalue weighted by atomic mass is 16.3. The van der Waals surface area contributed by atoms with Crippen molar-refractivity contribution in [2.45, 2.75) is 37.8 Å². The average Bonchev–Trinajstić information content (AvgIpc) is 3.15. The third kappa shape index (κ3) is 4.78. The van der Waals surface area contributed by atoms with E-state index in [2.05, 4.69) is 20.0 Å². The van der Waals surface area contributed by atoms with Crippen LogP contribution in [0.4, 0.5) is 5.82 Å². The summed E-state index contributed by atoms with van der Waals surface area (Å²) in [6.45, 7) is 2.35. The molecule has 1 aliphatic heterocycles. The Bertz CT molecular complexity index is 693.